The lowest BCUT2D eigenvalue weighted by molar-refractivity contribution is -0.128. The molecule has 0 spiro atoms. The summed E-state index contributed by atoms with van der Waals surface area (Å²) in [5, 5.41) is 2.93. The molecule has 0 radical (unpaired) electrons. The van der Waals surface area contributed by atoms with Gasteiger partial charge in [0.25, 0.3) is 5.91 Å². The van der Waals surface area contributed by atoms with Crippen LogP contribution in [-0.4, -0.2) is 34.8 Å². The van der Waals surface area contributed by atoms with E-state index in [4.69, 9.17) is 4.42 Å². The first-order valence-corrected chi connectivity index (χ1v) is 12.3. The summed E-state index contributed by atoms with van der Waals surface area (Å²) in [6.07, 6.45) is 1.67. The van der Waals surface area contributed by atoms with Crippen molar-refractivity contribution in [1.82, 2.24) is 10.2 Å². The van der Waals surface area contributed by atoms with E-state index in [1.54, 1.807) is 29.8 Å². The Labute approximate surface area is 190 Å². The fraction of sp³-hybridized carbons (Fsp3) is 0.250. The Bertz CT molecular complexity index is 991. The summed E-state index contributed by atoms with van der Waals surface area (Å²) in [5.41, 5.74) is 2.78. The zero-order valence-corrected chi connectivity index (χ0v) is 18.7. The van der Waals surface area contributed by atoms with Gasteiger partial charge < -0.3 is 14.6 Å². The smallest absolute Gasteiger partial charge is 0.251 e. The van der Waals surface area contributed by atoms with Crippen molar-refractivity contribution in [2.45, 2.75) is 17.7 Å². The maximum absolute atomic E-state index is 12.4. The molecule has 1 aliphatic rings. The Balaban J connectivity index is 1.29. The number of benzene rings is 2. The van der Waals surface area contributed by atoms with Crippen molar-refractivity contribution in [3.05, 3.63) is 95.4 Å². The number of hydrogen-bond donors (Lipinski definition) is 1. The largest absolute Gasteiger partial charge is 0.468 e. The van der Waals surface area contributed by atoms with Crippen LogP contribution in [0.25, 0.3) is 0 Å². The summed E-state index contributed by atoms with van der Waals surface area (Å²) in [4.78, 5) is 26.7. The molecule has 1 atom stereocenters. The van der Waals surface area contributed by atoms with Gasteiger partial charge in [-0.05, 0) is 35.4 Å². The lowest BCUT2D eigenvalue weighted by atomic mass is 10.1. The third-order valence-corrected chi connectivity index (χ3v) is 7.22. The standard InChI is InChI=1S/C24H24N2O3S2/c27-22-17-31-24(26(22)15-18-5-2-1-3-6-18)20-10-8-19(9-11-20)23(28)25-12-14-30-16-21-7-4-13-29-21/h1-11,13,24H,12,14-17H2,(H,25,28)/t24-/m0/s1. The van der Waals surface area contributed by atoms with E-state index >= 15 is 0 Å². The minimum Gasteiger partial charge on any atom is -0.468 e. The van der Waals surface area contributed by atoms with Crippen molar-refractivity contribution in [2.75, 3.05) is 18.1 Å². The highest BCUT2D eigenvalue weighted by atomic mass is 32.2. The summed E-state index contributed by atoms with van der Waals surface area (Å²) in [6, 6.07) is 21.4. The fourth-order valence-corrected chi connectivity index (χ4v) is 5.33. The molecule has 0 saturated carbocycles. The summed E-state index contributed by atoms with van der Waals surface area (Å²) in [6.45, 7) is 1.19. The highest BCUT2D eigenvalue weighted by Gasteiger charge is 2.32. The van der Waals surface area contributed by atoms with Crippen molar-refractivity contribution in [2.24, 2.45) is 0 Å². The number of furan rings is 1. The average molecular weight is 453 g/mol. The van der Waals surface area contributed by atoms with Crippen LogP contribution in [0.3, 0.4) is 0 Å². The van der Waals surface area contributed by atoms with Crippen molar-refractivity contribution in [3.63, 3.8) is 0 Å². The van der Waals surface area contributed by atoms with Crippen LogP contribution in [0.1, 0.15) is 32.6 Å². The lowest BCUT2D eigenvalue weighted by Gasteiger charge is -2.24. The molecule has 1 saturated heterocycles. The number of hydrogen-bond acceptors (Lipinski definition) is 5. The number of carbonyl (C=O) groups is 2. The van der Waals surface area contributed by atoms with Crippen molar-refractivity contribution >= 4 is 35.3 Å². The van der Waals surface area contributed by atoms with E-state index in [-0.39, 0.29) is 17.2 Å². The molecule has 31 heavy (non-hydrogen) atoms. The zero-order chi connectivity index (χ0) is 21.5. The molecule has 2 aromatic carbocycles. The van der Waals surface area contributed by atoms with E-state index in [9.17, 15) is 9.59 Å². The minimum absolute atomic E-state index is 0.0252. The highest BCUT2D eigenvalue weighted by Crippen LogP contribution is 2.39. The molecule has 3 aromatic rings. The van der Waals surface area contributed by atoms with Gasteiger partial charge in [0.05, 0.1) is 17.8 Å². The molecule has 1 N–H and O–H groups in total. The van der Waals surface area contributed by atoms with Gasteiger partial charge in [-0.3, -0.25) is 9.59 Å². The second kappa shape index (κ2) is 10.6. The first-order chi connectivity index (χ1) is 15.2. The topological polar surface area (TPSA) is 62.6 Å². The molecule has 2 heterocycles. The van der Waals surface area contributed by atoms with Crippen LogP contribution in [0.2, 0.25) is 0 Å². The van der Waals surface area contributed by atoms with E-state index in [0.717, 1.165) is 28.4 Å². The molecule has 0 unspecified atom stereocenters. The summed E-state index contributed by atoms with van der Waals surface area (Å²) < 4.78 is 5.30. The van der Waals surface area contributed by atoms with E-state index in [1.165, 1.54) is 0 Å². The van der Waals surface area contributed by atoms with Gasteiger partial charge >= 0.3 is 0 Å². The number of rotatable bonds is 9. The van der Waals surface area contributed by atoms with Crippen LogP contribution < -0.4 is 5.32 Å². The monoisotopic (exact) mass is 452 g/mol. The van der Waals surface area contributed by atoms with E-state index in [0.29, 0.717) is 24.4 Å². The first-order valence-electron chi connectivity index (χ1n) is 10.1. The predicted octanol–water partition coefficient (Wildman–Crippen LogP) is 4.72. The van der Waals surface area contributed by atoms with Crippen LogP contribution in [0.5, 0.6) is 0 Å². The van der Waals surface area contributed by atoms with E-state index in [1.807, 2.05) is 71.6 Å². The van der Waals surface area contributed by atoms with E-state index in [2.05, 4.69) is 5.32 Å². The van der Waals surface area contributed by atoms with Gasteiger partial charge in [-0.2, -0.15) is 11.8 Å². The Morgan fingerprint density at radius 1 is 1.10 bits per heavy atom. The van der Waals surface area contributed by atoms with Gasteiger partial charge in [-0.1, -0.05) is 42.5 Å². The van der Waals surface area contributed by atoms with Crippen LogP contribution >= 0.6 is 23.5 Å². The minimum atomic E-state index is -0.0820. The van der Waals surface area contributed by atoms with Gasteiger partial charge in [0.1, 0.15) is 11.1 Å². The Morgan fingerprint density at radius 3 is 2.65 bits per heavy atom. The number of amides is 2. The molecular weight excluding hydrogens is 428 g/mol. The van der Waals surface area contributed by atoms with Gasteiger partial charge in [0.2, 0.25) is 5.91 Å². The molecule has 0 bridgehead atoms. The molecule has 0 aliphatic carbocycles. The SMILES string of the molecule is O=C(NCCSCc1ccco1)c1ccc([C@@H]2SCC(=O)N2Cc2ccccc2)cc1. The third-order valence-electron chi connectivity index (χ3n) is 4.98. The lowest BCUT2D eigenvalue weighted by Crippen LogP contribution is -2.28. The van der Waals surface area contributed by atoms with Crippen LogP contribution in [0, 0.1) is 0 Å². The molecule has 4 rings (SSSR count). The Kier molecular flexibility index (Phi) is 7.38. The normalized spacial score (nSPS) is 15.9. The average Bonchev–Trinajstić information content (AvgIpc) is 3.45. The summed E-state index contributed by atoms with van der Waals surface area (Å²) >= 11 is 3.35. The zero-order valence-electron chi connectivity index (χ0n) is 17.0. The maximum Gasteiger partial charge on any atom is 0.251 e. The number of thioether (sulfide) groups is 2. The van der Waals surface area contributed by atoms with Crippen molar-refractivity contribution < 1.29 is 14.0 Å². The first kappa shape index (κ1) is 21.6. The van der Waals surface area contributed by atoms with Gasteiger partial charge in [0.15, 0.2) is 0 Å². The number of carbonyl (C=O) groups excluding carboxylic acids is 2. The van der Waals surface area contributed by atoms with Crippen molar-refractivity contribution in [3.8, 4) is 0 Å². The highest BCUT2D eigenvalue weighted by molar-refractivity contribution is 8.00. The molecule has 2 amide bonds. The Hall–Kier alpha value is -2.64. The number of nitrogens with zero attached hydrogens (tertiary/aromatic N) is 1. The quantitative estimate of drug-likeness (QED) is 0.476. The van der Waals surface area contributed by atoms with E-state index < -0.39 is 0 Å². The maximum atomic E-state index is 12.4. The molecular formula is C24H24N2O3S2. The molecule has 1 aromatic heterocycles. The third kappa shape index (κ3) is 5.74. The predicted molar refractivity (Wildman–Crippen MR) is 126 cm³/mol. The molecule has 1 aliphatic heterocycles. The molecule has 160 valence electrons. The van der Waals surface area contributed by atoms with Crippen LogP contribution in [-0.2, 0) is 17.1 Å². The summed E-state index contributed by atoms with van der Waals surface area (Å²) in [5.74, 6) is 3.11. The van der Waals surface area contributed by atoms with Gasteiger partial charge in [-0.25, -0.2) is 0 Å². The summed E-state index contributed by atoms with van der Waals surface area (Å²) in [7, 11) is 0. The molecule has 1 fully saturated rings. The fourth-order valence-electron chi connectivity index (χ4n) is 3.39. The van der Waals surface area contributed by atoms with Crippen LogP contribution in [0.4, 0.5) is 0 Å². The Morgan fingerprint density at radius 2 is 1.90 bits per heavy atom. The van der Waals surface area contributed by atoms with Crippen LogP contribution in [0.15, 0.2) is 77.4 Å². The number of nitrogens with one attached hydrogen (secondary N) is 1. The molecule has 7 heteroatoms. The second-order valence-corrected chi connectivity index (χ2v) is 9.35. The molecule has 5 nitrogen and oxygen atoms in total. The second-order valence-electron chi connectivity index (χ2n) is 7.18. The van der Waals surface area contributed by atoms with Gasteiger partial charge in [-0.15, -0.1) is 11.8 Å². The van der Waals surface area contributed by atoms with Crippen molar-refractivity contribution in [1.29, 1.82) is 0 Å². The van der Waals surface area contributed by atoms with Gasteiger partial charge in [0, 0.05) is 24.4 Å².